The van der Waals surface area contributed by atoms with Crippen LogP contribution in [0.4, 0.5) is 0 Å². The molecule has 0 N–H and O–H groups in total. The third kappa shape index (κ3) is 4.10. The Morgan fingerprint density at radius 2 is 2.08 bits per heavy atom. The summed E-state index contributed by atoms with van der Waals surface area (Å²) in [5.74, 6) is -0.467. The zero-order valence-electron chi connectivity index (χ0n) is 7.79. The highest BCUT2D eigenvalue weighted by Gasteiger charge is 2.09. The molecule has 0 unspecified atom stereocenters. The summed E-state index contributed by atoms with van der Waals surface area (Å²) in [6.45, 7) is 9.63. The van der Waals surface area contributed by atoms with Gasteiger partial charge in [-0.15, -0.1) is 0 Å². The molecule has 0 aromatic carbocycles. The van der Waals surface area contributed by atoms with Crippen LogP contribution in [-0.2, 0) is 14.5 Å². The lowest BCUT2D eigenvalue weighted by Crippen LogP contribution is -2.27. The Balaban J connectivity index is 3.85. The van der Waals surface area contributed by atoms with E-state index < -0.39 is 5.97 Å². The first kappa shape index (κ1) is 11.1. The predicted octanol–water partition coefficient (Wildman–Crippen LogP) is 1.29. The molecule has 0 bridgehead atoms. The van der Waals surface area contributed by atoms with Crippen molar-refractivity contribution in [2.75, 3.05) is 13.2 Å². The van der Waals surface area contributed by atoms with Gasteiger partial charge in [0.1, 0.15) is 0 Å². The topological polar surface area (TPSA) is 38.8 Å². The highest BCUT2D eigenvalue weighted by Crippen LogP contribution is 1.97. The lowest BCUT2D eigenvalue weighted by Gasteiger charge is -2.17. The van der Waals surface area contributed by atoms with Gasteiger partial charge in [-0.3, -0.25) is 4.84 Å². The quantitative estimate of drug-likeness (QED) is 0.464. The third-order valence-corrected chi connectivity index (χ3v) is 1.06. The van der Waals surface area contributed by atoms with Gasteiger partial charge in [-0.1, -0.05) is 6.58 Å². The van der Waals surface area contributed by atoms with Crippen LogP contribution >= 0.6 is 0 Å². The van der Waals surface area contributed by atoms with Gasteiger partial charge in [0.15, 0.2) is 0 Å². The molecule has 0 rings (SSSR count). The van der Waals surface area contributed by atoms with Crippen LogP contribution in [0.3, 0.4) is 0 Å². The van der Waals surface area contributed by atoms with Crippen molar-refractivity contribution >= 4 is 5.97 Å². The molecule has 4 heteroatoms. The Morgan fingerprint density at radius 3 is 2.42 bits per heavy atom. The molecule has 0 amide bonds. The highest BCUT2D eigenvalue weighted by molar-refractivity contribution is 5.86. The summed E-state index contributed by atoms with van der Waals surface area (Å²) in [6, 6.07) is 0. The molecule has 0 saturated carbocycles. The number of hydroxylamine groups is 2. The number of carbonyl (C=O) groups is 1. The number of rotatable bonds is 5. The van der Waals surface area contributed by atoms with Crippen LogP contribution in [0.25, 0.3) is 0 Å². The van der Waals surface area contributed by atoms with E-state index in [1.807, 2.05) is 13.8 Å². The Morgan fingerprint density at radius 1 is 1.50 bits per heavy atom. The van der Waals surface area contributed by atoms with Crippen molar-refractivity contribution < 1.29 is 14.5 Å². The maximum Gasteiger partial charge on any atom is 0.354 e. The Bertz CT molecular complexity index is 168. The normalized spacial score (nSPS) is 10.0. The molecule has 0 aromatic rings. The number of carbonyl (C=O) groups excluding carboxylic acids is 1. The first-order valence-electron chi connectivity index (χ1n) is 3.90. The predicted molar refractivity (Wildman–Crippen MR) is 44.9 cm³/mol. The van der Waals surface area contributed by atoms with Crippen molar-refractivity contribution in [3.8, 4) is 0 Å². The van der Waals surface area contributed by atoms with Gasteiger partial charge in [0.05, 0.1) is 13.2 Å². The minimum absolute atomic E-state index is 0.355. The molecule has 0 spiro atoms. The summed E-state index contributed by atoms with van der Waals surface area (Å²) < 4.78 is 0. The van der Waals surface area contributed by atoms with E-state index in [0.29, 0.717) is 18.7 Å². The van der Waals surface area contributed by atoms with Crippen molar-refractivity contribution in [1.82, 2.24) is 5.23 Å². The first-order chi connectivity index (χ1) is 5.61. The molecule has 4 nitrogen and oxygen atoms in total. The molecule has 0 radical (unpaired) electrons. The van der Waals surface area contributed by atoms with Crippen LogP contribution in [0.5, 0.6) is 0 Å². The average Bonchev–Trinajstić information content (AvgIpc) is 2.03. The van der Waals surface area contributed by atoms with Crippen molar-refractivity contribution in [1.29, 1.82) is 0 Å². The fourth-order valence-corrected chi connectivity index (χ4v) is 0.497. The van der Waals surface area contributed by atoms with Crippen LogP contribution in [0.1, 0.15) is 20.8 Å². The molecular formula is C8H15NO3. The minimum Gasteiger partial charge on any atom is -0.338 e. The maximum atomic E-state index is 10.9. The average molecular weight is 173 g/mol. The monoisotopic (exact) mass is 173 g/mol. The fraction of sp³-hybridized carbons (Fsp3) is 0.625. The highest BCUT2D eigenvalue weighted by atomic mass is 17.0. The fourth-order valence-electron chi connectivity index (χ4n) is 0.497. The second-order valence-electron chi connectivity index (χ2n) is 2.23. The van der Waals surface area contributed by atoms with Crippen molar-refractivity contribution in [3.05, 3.63) is 12.2 Å². The van der Waals surface area contributed by atoms with E-state index >= 15 is 0 Å². The Hall–Kier alpha value is -0.870. The summed E-state index contributed by atoms with van der Waals surface area (Å²) in [5, 5.41) is 1.14. The van der Waals surface area contributed by atoms with E-state index in [2.05, 4.69) is 6.58 Å². The van der Waals surface area contributed by atoms with Gasteiger partial charge in [-0.05, 0) is 26.0 Å². The van der Waals surface area contributed by atoms with Crippen LogP contribution in [0.15, 0.2) is 12.2 Å². The SMILES string of the molecule is C=C(C)C(=O)ON(CC)OCC. The summed E-state index contributed by atoms with van der Waals surface area (Å²) in [5.41, 5.74) is 0.355. The van der Waals surface area contributed by atoms with Crippen LogP contribution < -0.4 is 0 Å². The summed E-state index contributed by atoms with van der Waals surface area (Å²) >= 11 is 0. The van der Waals surface area contributed by atoms with Gasteiger partial charge >= 0.3 is 5.97 Å². The number of hydrogen-bond acceptors (Lipinski definition) is 4. The van der Waals surface area contributed by atoms with Crippen molar-refractivity contribution in [3.63, 3.8) is 0 Å². The van der Waals surface area contributed by atoms with Gasteiger partial charge in [-0.2, -0.15) is 0 Å². The van der Waals surface area contributed by atoms with Crippen LogP contribution in [0.2, 0.25) is 0 Å². The van der Waals surface area contributed by atoms with Gasteiger partial charge in [0.2, 0.25) is 0 Å². The molecule has 12 heavy (non-hydrogen) atoms. The molecule has 0 saturated heterocycles. The summed E-state index contributed by atoms with van der Waals surface area (Å²) in [6.07, 6.45) is 0. The van der Waals surface area contributed by atoms with Gasteiger partial charge in [-0.25, -0.2) is 4.79 Å². The number of nitrogens with zero attached hydrogens (tertiary/aromatic N) is 1. The molecule has 0 aliphatic carbocycles. The minimum atomic E-state index is -0.467. The Kier molecular flexibility index (Phi) is 5.32. The third-order valence-electron chi connectivity index (χ3n) is 1.06. The van der Waals surface area contributed by atoms with E-state index in [9.17, 15) is 4.79 Å². The van der Waals surface area contributed by atoms with Gasteiger partial charge in [0.25, 0.3) is 0 Å². The van der Waals surface area contributed by atoms with E-state index in [0.717, 1.165) is 5.23 Å². The standard InChI is InChI=1S/C8H15NO3/c1-5-9(11-6-2)12-8(10)7(3)4/h3,5-6H2,1-2,4H3. The molecule has 0 aromatic heterocycles. The Labute approximate surface area is 72.7 Å². The smallest absolute Gasteiger partial charge is 0.338 e. The molecular weight excluding hydrogens is 158 g/mol. The zero-order chi connectivity index (χ0) is 9.56. The lowest BCUT2D eigenvalue weighted by molar-refractivity contribution is -0.339. The summed E-state index contributed by atoms with van der Waals surface area (Å²) in [4.78, 5) is 20.7. The van der Waals surface area contributed by atoms with Gasteiger partial charge < -0.3 is 4.84 Å². The van der Waals surface area contributed by atoms with E-state index in [4.69, 9.17) is 9.68 Å². The van der Waals surface area contributed by atoms with Crippen molar-refractivity contribution in [2.24, 2.45) is 0 Å². The van der Waals surface area contributed by atoms with Crippen LogP contribution in [0, 0.1) is 0 Å². The summed E-state index contributed by atoms with van der Waals surface area (Å²) in [7, 11) is 0. The van der Waals surface area contributed by atoms with E-state index in [1.165, 1.54) is 0 Å². The van der Waals surface area contributed by atoms with E-state index in [-0.39, 0.29) is 0 Å². The van der Waals surface area contributed by atoms with Gasteiger partial charge in [0, 0.05) is 5.57 Å². The molecule has 0 aliphatic rings. The number of hydrogen-bond donors (Lipinski definition) is 0. The second-order valence-corrected chi connectivity index (χ2v) is 2.23. The van der Waals surface area contributed by atoms with Crippen LogP contribution in [-0.4, -0.2) is 24.3 Å². The largest absolute Gasteiger partial charge is 0.354 e. The maximum absolute atomic E-state index is 10.9. The second kappa shape index (κ2) is 5.74. The molecule has 0 atom stereocenters. The molecule has 0 fully saturated rings. The molecule has 70 valence electrons. The zero-order valence-corrected chi connectivity index (χ0v) is 7.79. The molecule has 0 aliphatic heterocycles. The van der Waals surface area contributed by atoms with Crippen molar-refractivity contribution in [2.45, 2.75) is 20.8 Å². The first-order valence-corrected chi connectivity index (χ1v) is 3.90. The lowest BCUT2D eigenvalue weighted by atomic mass is 10.4. The van der Waals surface area contributed by atoms with E-state index in [1.54, 1.807) is 6.92 Å². The molecule has 0 heterocycles.